The first-order chi connectivity index (χ1) is 9.47. The average molecular weight is 280 g/mol. The lowest BCUT2D eigenvalue weighted by molar-refractivity contribution is -0.137. The van der Waals surface area contributed by atoms with Crippen LogP contribution in [0.4, 0.5) is 0 Å². The van der Waals surface area contributed by atoms with Gasteiger partial charge in [0.15, 0.2) is 0 Å². The van der Waals surface area contributed by atoms with Crippen LogP contribution < -0.4 is 0 Å². The Balaban J connectivity index is 1.87. The summed E-state index contributed by atoms with van der Waals surface area (Å²) < 4.78 is 5.06. The molecule has 1 aromatic rings. The highest BCUT2D eigenvalue weighted by molar-refractivity contribution is 5.79. The zero-order valence-electron chi connectivity index (χ0n) is 11.9. The summed E-state index contributed by atoms with van der Waals surface area (Å²) in [5, 5.41) is 12.5. The number of aryl methyl sites for hydroxylation is 2. The molecular formula is C14H20N2O4. The van der Waals surface area contributed by atoms with Crippen molar-refractivity contribution in [3.63, 3.8) is 0 Å². The Bertz CT molecular complexity index is 490. The fourth-order valence-electron chi connectivity index (χ4n) is 2.64. The van der Waals surface area contributed by atoms with Gasteiger partial charge in [0.2, 0.25) is 5.91 Å². The van der Waals surface area contributed by atoms with E-state index in [-0.39, 0.29) is 12.3 Å². The van der Waals surface area contributed by atoms with Gasteiger partial charge in [-0.15, -0.1) is 0 Å². The molecule has 1 atom stereocenters. The molecule has 1 saturated heterocycles. The summed E-state index contributed by atoms with van der Waals surface area (Å²) >= 11 is 0. The standard InChI is InChI=1S/C14H20N2O4/c1-9-12(10(2)20-15-9)7-13(17)16-6-5-11(8-16)3-4-14(18)19/h11H,3-8H2,1-2H3,(H,18,19). The second-order valence-electron chi connectivity index (χ2n) is 5.41. The minimum Gasteiger partial charge on any atom is -0.481 e. The van der Waals surface area contributed by atoms with Crippen LogP contribution in [0.2, 0.25) is 0 Å². The largest absolute Gasteiger partial charge is 0.481 e. The van der Waals surface area contributed by atoms with E-state index in [2.05, 4.69) is 5.16 Å². The monoisotopic (exact) mass is 280 g/mol. The van der Waals surface area contributed by atoms with Crippen molar-refractivity contribution in [1.82, 2.24) is 10.1 Å². The number of carbonyl (C=O) groups excluding carboxylic acids is 1. The molecule has 20 heavy (non-hydrogen) atoms. The fourth-order valence-corrected chi connectivity index (χ4v) is 2.64. The third kappa shape index (κ3) is 3.37. The molecular weight excluding hydrogens is 260 g/mol. The number of aromatic nitrogens is 1. The van der Waals surface area contributed by atoms with Crippen molar-refractivity contribution in [1.29, 1.82) is 0 Å². The Morgan fingerprint density at radius 3 is 2.80 bits per heavy atom. The first-order valence-electron chi connectivity index (χ1n) is 6.88. The van der Waals surface area contributed by atoms with Crippen LogP contribution in [0.5, 0.6) is 0 Å². The Kier molecular flexibility index (Phi) is 4.42. The van der Waals surface area contributed by atoms with Crippen molar-refractivity contribution < 1.29 is 19.2 Å². The maximum absolute atomic E-state index is 12.2. The van der Waals surface area contributed by atoms with Gasteiger partial charge in [0.1, 0.15) is 5.76 Å². The van der Waals surface area contributed by atoms with Gasteiger partial charge in [-0.3, -0.25) is 9.59 Å². The van der Waals surface area contributed by atoms with Crippen molar-refractivity contribution in [3.05, 3.63) is 17.0 Å². The highest BCUT2D eigenvalue weighted by atomic mass is 16.5. The number of amides is 1. The quantitative estimate of drug-likeness (QED) is 0.884. The smallest absolute Gasteiger partial charge is 0.303 e. The first-order valence-corrected chi connectivity index (χ1v) is 6.88. The Morgan fingerprint density at radius 1 is 1.45 bits per heavy atom. The molecule has 1 aliphatic rings. The predicted molar refractivity (Wildman–Crippen MR) is 71.2 cm³/mol. The number of rotatable bonds is 5. The van der Waals surface area contributed by atoms with Crippen LogP contribution in [0, 0.1) is 19.8 Å². The number of nitrogens with zero attached hydrogens (tertiary/aromatic N) is 2. The number of hydrogen-bond donors (Lipinski definition) is 1. The number of likely N-dealkylation sites (tertiary alicyclic amines) is 1. The Hall–Kier alpha value is -1.85. The van der Waals surface area contributed by atoms with Crippen LogP contribution in [-0.4, -0.2) is 40.1 Å². The Morgan fingerprint density at radius 2 is 2.20 bits per heavy atom. The van der Waals surface area contributed by atoms with Crippen molar-refractivity contribution in [2.75, 3.05) is 13.1 Å². The summed E-state index contributed by atoms with van der Waals surface area (Å²) in [4.78, 5) is 24.6. The van der Waals surface area contributed by atoms with Gasteiger partial charge in [0.05, 0.1) is 12.1 Å². The summed E-state index contributed by atoms with van der Waals surface area (Å²) in [5.74, 6) is 0.292. The molecule has 0 aliphatic carbocycles. The molecule has 1 unspecified atom stereocenters. The molecule has 2 heterocycles. The minimum atomic E-state index is -0.773. The maximum Gasteiger partial charge on any atom is 0.303 e. The molecule has 0 aromatic carbocycles. The third-order valence-electron chi connectivity index (χ3n) is 3.91. The number of carboxylic acids is 1. The van der Waals surface area contributed by atoms with E-state index in [1.165, 1.54) is 0 Å². The normalized spacial score (nSPS) is 18.5. The summed E-state index contributed by atoms with van der Waals surface area (Å²) in [6, 6.07) is 0. The Labute approximate surface area is 117 Å². The predicted octanol–water partition coefficient (Wildman–Crippen LogP) is 1.55. The minimum absolute atomic E-state index is 0.0669. The molecule has 0 bridgehead atoms. The highest BCUT2D eigenvalue weighted by Crippen LogP contribution is 2.22. The molecule has 6 nitrogen and oxygen atoms in total. The van der Waals surface area contributed by atoms with E-state index in [1.807, 2.05) is 18.7 Å². The van der Waals surface area contributed by atoms with Crippen LogP contribution in [0.1, 0.15) is 36.3 Å². The van der Waals surface area contributed by atoms with E-state index in [4.69, 9.17) is 9.63 Å². The lowest BCUT2D eigenvalue weighted by Gasteiger charge is -2.16. The van der Waals surface area contributed by atoms with E-state index in [0.717, 1.165) is 17.7 Å². The van der Waals surface area contributed by atoms with Gasteiger partial charge in [0, 0.05) is 25.1 Å². The van der Waals surface area contributed by atoms with E-state index in [9.17, 15) is 9.59 Å². The molecule has 0 saturated carbocycles. The molecule has 1 aliphatic heterocycles. The van der Waals surface area contributed by atoms with Crippen LogP contribution in [0.3, 0.4) is 0 Å². The topological polar surface area (TPSA) is 83.6 Å². The molecule has 0 radical (unpaired) electrons. The van der Waals surface area contributed by atoms with Gasteiger partial charge < -0.3 is 14.5 Å². The van der Waals surface area contributed by atoms with Crippen molar-refractivity contribution >= 4 is 11.9 Å². The summed E-state index contributed by atoms with van der Waals surface area (Å²) in [6.45, 7) is 5.02. The second-order valence-corrected chi connectivity index (χ2v) is 5.41. The summed E-state index contributed by atoms with van der Waals surface area (Å²) in [5.41, 5.74) is 1.63. The van der Waals surface area contributed by atoms with Gasteiger partial charge in [-0.05, 0) is 32.6 Å². The molecule has 110 valence electrons. The second kappa shape index (κ2) is 6.07. The van der Waals surface area contributed by atoms with Gasteiger partial charge in [-0.25, -0.2) is 0 Å². The van der Waals surface area contributed by atoms with Crippen LogP contribution in [0.15, 0.2) is 4.52 Å². The highest BCUT2D eigenvalue weighted by Gasteiger charge is 2.27. The van der Waals surface area contributed by atoms with E-state index < -0.39 is 5.97 Å². The van der Waals surface area contributed by atoms with Crippen molar-refractivity contribution in [2.45, 2.75) is 39.5 Å². The molecule has 1 aromatic heterocycles. The molecule has 2 rings (SSSR count). The van der Waals surface area contributed by atoms with Crippen molar-refractivity contribution in [2.24, 2.45) is 5.92 Å². The van der Waals surface area contributed by atoms with Gasteiger partial charge in [-0.1, -0.05) is 5.16 Å². The average Bonchev–Trinajstić information content (AvgIpc) is 2.98. The zero-order chi connectivity index (χ0) is 14.7. The zero-order valence-corrected chi connectivity index (χ0v) is 11.9. The SMILES string of the molecule is Cc1noc(C)c1CC(=O)N1CCC(CCC(=O)O)C1. The molecule has 1 N–H and O–H groups in total. The van der Waals surface area contributed by atoms with Gasteiger partial charge in [0.25, 0.3) is 0 Å². The summed E-state index contributed by atoms with van der Waals surface area (Å²) in [7, 11) is 0. The fraction of sp³-hybridized carbons (Fsp3) is 0.643. The lowest BCUT2D eigenvalue weighted by atomic mass is 10.0. The molecule has 6 heteroatoms. The van der Waals surface area contributed by atoms with Gasteiger partial charge >= 0.3 is 5.97 Å². The molecule has 1 fully saturated rings. The van der Waals surface area contributed by atoms with Crippen molar-refractivity contribution in [3.8, 4) is 0 Å². The number of hydrogen-bond acceptors (Lipinski definition) is 4. The lowest BCUT2D eigenvalue weighted by Crippen LogP contribution is -2.30. The van der Waals surface area contributed by atoms with E-state index in [0.29, 0.717) is 37.6 Å². The maximum atomic E-state index is 12.2. The van der Waals surface area contributed by atoms with Gasteiger partial charge in [-0.2, -0.15) is 0 Å². The van der Waals surface area contributed by atoms with E-state index >= 15 is 0 Å². The number of carbonyl (C=O) groups is 2. The van der Waals surface area contributed by atoms with Crippen LogP contribution >= 0.6 is 0 Å². The molecule has 0 spiro atoms. The summed E-state index contributed by atoms with van der Waals surface area (Å²) in [6.07, 6.45) is 2.02. The first kappa shape index (κ1) is 14.6. The number of aliphatic carboxylic acids is 1. The van der Waals surface area contributed by atoms with Crippen LogP contribution in [-0.2, 0) is 16.0 Å². The third-order valence-corrected chi connectivity index (χ3v) is 3.91. The van der Waals surface area contributed by atoms with E-state index in [1.54, 1.807) is 0 Å². The number of carboxylic acid groups (broad SMARTS) is 1. The van der Waals surface area contributed by atoms with Crippen LogP contribution in [0.25, 0.3) is 0 Å². The molecule has 1 amide bonds.